The number of benzene rings is 3. The molecular weight excluding hydrogens is 474 g/mol. The Kier molecular flexibility index (Phi) is 7.96. The lowest BCUT2D eigenvalue weighted by Crippen LogP contribution is -2.39. The van der Waals surface area contributed by atoms with Crippen molar-refractivity contribution in [1.29, 1.82) is 0 Å². The summed E-state index contributed by atoms with van der Waals surface area (Å²) >= 11 is 6.25. The number of rotatable bonds is 8. The molecule has 0 aliphatic carbocycles. The number of nitrogens with one attached hydrogen (secondary N) is 1. The summed E-state index contributed by atoms with van der Waals surface area (Å²) in [7, 11) is -2.47. The maximum absolute atomic E-state index is 13.5. The average molecular weight is 500 g/mol. The molecule has 0 unspecified atom stereocenters. The Morgan fingerprint density at radius 1 is 1.03 bits per heavy atom. The van der Waals surface area contributed by atoms with Crippen molar-refractivity contribution >= 4 is 38.9 Å². The summed E-state index contributed by atoms with van der Waals surface area (Å²) in [4.78, 5) is 12.8. The molecule has 0 fully saturated rings. The summed E-state index contributed by atoms with van der Waals surface area (Å²) in [6.45, 7) is 4.94. The molecule has 0 aliphatic heterocycles. The quantitative estimate of drug-likeness (QED) is 0.359. The van der Waals surface area contributed by atoms with Crippen LogP contribution in [0.2, 0.25) is 5.02 Å². The highest BCUT2D eigenvalue weighted by molar-refractivity contribution is 7.92. The van der Waals surface area contributed by atoms with Gasteiger partial charge < -0.3 is 4.74 Å². The number of carbonyl (C=O) groups excluding carboxylic acids is 1. The van der Waals surface area contributed by atoms with Gasteiger partial charge in [0.2, 0.25) is 0 Å². The summed E-state index contributed by atoms with van der Waals surface area (Å²) in [5, 5.41) is 4.52. The van der Waals surface area contributed by atoms with Gasteiger partial charge in [0, 0.05) is 5.02 Å². The standard InChI is InChI=1S/C25H26ClN3O4S/c1-17-5-13-23(14-6-17)34(31,32)29(21-10-7-18(2)24(26)15-21)16-25(30)28-27-19(3)20-8-11-22(33-4)12-9-20/h5-15H,16H2,1-4H3,(H,28,30)/b27-19-. The zero-order valence-corrected chi connectivity index (χ0v) is 20.9. The maximum atomic E-state index is 13.5. The third-order valence-corrected chi connectivity index (χ3v) is 7.39. The van der Waals surface area contributed by atoms with Crippen LogP contribution in [0.5, 0.6) is 5.75 Å². The van der Waals surface area contributed by atoms with E-state index in [1.165, 1.54) is 18.2 Å². The van der Waals surface area contributed by atoms with Gasteiger partial charge >= 0.3 is 0 Å². The van der Waals surface area contributed by atoms with E-state index in [4.69, 9.17) is 16.3 Å². The van der Waals surface area contributed by atoms with Crippen LogP contribution in [0.1, 0.15) is 23.6 Å². The molecule has 3 aromatic rings. The van der Waals surface area contributed by atoms with Crippen LogP contribution >= 0.6 is 11.6 Å². The van der Waals surface area contributed by atoms with Gasteiger partial charge in [0.05, 0.1) is 23.4 Å². The number of aryl methyl sites for hydroxylation is 2. The first kappa shape index (κ1) is 25.3. The normalized spacial score (nSPS) is 11.7. The second-order valence-electron chi connectivity index (χ2n) is 7.72. The molecule has 0 bridgehead atoms. The summed E-state index contributed by atoms with van der Waals surface area (Å²) in [6.07, 6.45) is 0. The lowest BCUT2D eigenvalue weighted by atomic mass is 10.1. The molecule has 0 saturated heterocycles. The Morgan fingerprint density at radius 3 is 2.26 bits per heavy atom. The Balaban J connectivity index is 1.88. The van der Waals surface area contributed by atoms with Gasteiger partial charge in [-0.25, -0.2) is 13.8 Å². The van der Waals surface area contributed by atoms with E-state index >= 15 is 0 Å². The lowest BCUT2D eigenvalue weighted by molar-refractivity contribution is -0.119. The minimum Gasteiger partial charge on any atom is -0.497 e. The van der Waals surface area contributed by atoms with Gasteiger partial charge in [-0.05, 0) is 80.4 Å². The van der Waals surface area contributed by atoms with Crippen LogP contribution in [0.15, 0.2) is 76.7 Å². The van der Waals surface area contributed by atoms with Gasteiger partial charge in [0.25, 0.3) is 15.9 Å². The minimum atomic E-state index is -4.04. The summed E-state index contributed by atoms with van der Waals surface area (Å²) < 4.78 is 33.1. The Morgan fingerprint density at radius 2 is 1.68 bits per heavy atom. The van der Waals surface area contributed by atoms with E-state index in [2.05, 4.69) is 10.5 Å². The molecule has 7 nitrogen and oxygen atoms in total. The molecule has 3 rings (SSSR count). The van der Waals surface area contributed by atoms with E-state index in [9.17, 15) is 13.2 Å². The Bertz CT molecular complexity index is 1300. The van der Waals surface area contributed by atoms with Crippen LogP contribution in [0, 0.1) is 13.8 Å². The van der Waals surface area contributed by atoms with E-state index in [1.807, 2.05) is 26.0 Å². The van der Waals surface area contributed by atoms with Crippen molar-refractivity contribution in [2.24, 2.45) is 5.10 Å². The third kappa shape index (κ3) is 5.95. The number of hydrogen-bond acceptors (Lipinski definition) is 5. The van der Waals surface area contributed by atoms with E-state index in [0.717, 1.165) is 21.0 Å². The van der Waals surface area contributed by atoms with Crippen molar-refractivity contribution < 1.29 is 17.9 Å². The number of hydrazone groups is 1. The number of sulfonamides is 1. The molecule has 0 aromatic heterocycles. The van der Waals surface area contributed by atoms with Gasteiger partial charge in [0.1, 0.15) is 12.3 Å². The lowest BCUT2D eigenvalue weighted by Gasteiger charge is -2.24. The van der Waals surface area contributed by atoms with Crippen molar-refractivity contribution in [2.45, 2.75) is 25.7 Å². The molecule has 0 saturated carbocycles. The molecule has 9 heteroatoms. The topological polar surface area (TPSA) is 88.1 Å². The Hall–Kier alpha value is -3.36. The maximum Gasteiger partial charge on any atom is 0.264 e. The second-order valence-corrected chi connectivity index (χ2v) is 9.99. The minimum absolute atomic E-state index is 0.0699. The molecule has 1 amide bonds. The van der Waals surface area contributed by atoms with Crippen molar-refractivity contribution in [3.63, 3.8) is 0 Å². The highest BCUT2D eigenvalue weighted by Crippen LogP contribution is 2.28. The van der Waals surface area contributed by atoms with Crippen LogP contribution in [0.3, 0.4) is 0 Å². The van der Waals surface area contributed by atoms with Crippen molar-refractivity contribution in [3.8, 4) is 5.75 Å². The number of amides is 1. The number of methoxy groups -OCH3 is 1. The molecule has 0 spiro atoms. The molecule has 0 heterocycles. The van der Waals surface area contributed by atoms with E-state index in [1.54, 1.807) is 50.4 Å². The predicted molar refractivity (Wildman–Crippen MR) is 135 cm³/mol. The first-order valence-corrected chi connectivity index (χ1v) is 12.3. The Labute approximate surface area is 205 Å². The molecule has 0 atom stereocenters. The second kappa shape index (κ2) is 10.7. The highest BCUT2D eigenvalue weighted by Gasteiger charge is 2.27. The number of halogens is 1. The highest BCUT2D eigenvalue weighted by atomic mass is 35.5. The van der Waals surface area contributed by atoms with Crippen molar-refractivity contribution in [1.82, 2.24) is 5.43 Å². The fourth-order valence-electron chi connectivity index (χ4n) is 3.10. The van der Waals surface area contributed by atoms with E-state index < -0.39 is 22.5 Å². The molecular formula is C25H26ClN3O4S. The van der Waals surface area contributed by atoms with Crippen LogP contribution < -0.4 is 14.5 Å². The molecule has 3 aromatic carbocycles. The van der Waals surface area contributed by atoms with E-state index in [-0.39, 0.29) is 10.6 Å². The summed E-state index contributed by atoms with van der Waals surface area (Å²) in [6, 6.07) is 18.5. The van der Waals surface area contributed by atoms with Gasteiger partial charge in [-0.2, -0.15) is 5.10 Å². The van der Waals surface area contributed by atoms with Crippen molar-refractivity contribution in [3.05, 3.63) is 88.4 Å². The summed E-state index contributed by atoms with van der Waals surface area (Å²) in [5.74, 6) is 0.106. The zero-order chi connectivity index (χ0) is 24.9. The number of anilines is 1. The monoisotopic (exact) mass is 499 g/mol. The number of carbonyl (C=O) groups is 1. The SMILES string of the molecule is COc1ccc(/C(C)=N\NC(=O)CN(c2ccc(C)c(Cl)c2)S(=O)(=O)c2ccc(C)cc2)cc1. The van der Waals surface area contributed by atoms with Crippen LogP contribution in [-0.2, 0) is 14.8 Å². The van der Waals surface area contributed by atoms with Gasteiger partial charge in [0.15, 0.2) is 0 Å². The molecule has 0 aliphatic rings. The number of hydrogen-bond donors (Lipinski definition) is 1. The third-order valence-electron chi connectivity index (χ3n) is 5.20. The predicted octanol–water partition coefficient (Wildman–Crippen LogP) is 4.70. The fourth-order valence-corrected chi connectivity index (χ4v) is 4.69. The first-order chi connectivity index (χ1) is 16.1. The largest absolute Gasteiger partial charge is 0.497 e. The first-order valence-electron chi connectivity index (χ1n) is 10.4. The van der Waals surface area contributed by atoms with Crippen molar-refractivity contribution in [2.75, 3.05) is 18.0 Å². The smallest absolute Gasteiger partial charge is 0.264 e. The summed E-state index contributed by atoms with van der Waals surface area (Å²) in [5.41, 5.74) is 5.79. The molecule has 1 N–H and O–H groups in total. The average Bonchev–Trinajstić information content (AvgIpc) is 2.83. The van der Waals surface area contributed by atoms with Gasteiger partial charge in [-0.15, -0.1) is 0 Å². The van der Waals surface area contributed by atoms with Crippen LogP contribution in [0.25, 0.3) is 0 Å². The molecule has 34 heavy (non-hydrogen) atoms. The molecule has 0 radical (unpaired) electrons. The molecule has 178 valence electrons. The van der Waals surface area contributed by atoms with Gasteiger partial charge in [-0.3, -0.25) is 9.10 Å². The number of nitrogens with zero attached hydrogens (tertiary/aromatic N) is 2. The van der Waals surface area contributed by atoms with E-state index in [0.29, 0.717) is 16.5 Å². The number of ether oxygens (including phenoxy) is 1. The van der Waals surface area contributed by atoms with Gasteiger partial charge in [-0.1, -0.05) is 35.4 Å². The van der Waals surface area contributed by atoms with Crippen LogP contribution in [0.4, 0.5) is 5.69 Å². The fraction of sp³-hybridized carbons (Fsp3) is 0.200. The van der Waals surface area contributed by atoms with Crippen LogP contribution in [-0.4, -0.2) is 33.7 Å². The zero-order valence-electron chi connectivity index (χ0n) is 19.4.